The summed E-state index contributed by atoms with van der Waals surface area (Å²) in [6.07, 6.45) is -7.92. The second kappa shape index (κ2) is 9.20. The number of hydrogen-bond acceptors (Lipinski definition) is 3. The van der Waals surface area contributed by atoms with Crippen LogP contribution in [-0.2, 0) is 13.3 Å². The van der Waals surface area contributed by atoms with Gasteiger partial charge in [-0.05, 0) is 0 Å². The Kier molecular flexibility index (Phi) is 8.89. The number of alkyl halides is 19. The van der Waals surface area contributed by atoms with E-state index in [4.69, 9.17) is 0 Å². The van der Waals surface area contributed by atoms with E-state index in [0.29, 0.717) is 21.3 Å². The molecule has 0 spiro atoms. The molecule has 218 valence electrons. The molecule has 0 aromatic carbocycles. The monoisotopic (exact) mass is 604 g/mol. The zero-order valence-electron chi connectivity index (χ0n) is 17.1. The van der Waals surface area contributed by atoms with Gasteiger partial charge in [-0.1, -0.05) is 0 Å². The average Bonchev–Trinajstić information content (AvgIpc) is 2.70. The molecule has 0 bridgehead atoms. The molecule has 36 heavy (non-hydrogen) atoms. The fraction of sp³-hybridized carbons (Fsp3) is 1.00. The highest BCUT2D eigenvalue weighted by Gasteiger charge is 2.96. The summed E-state index contributed by atoms with van der Waals surface area (Å²) in [5.41, 5.74) is 0. The van der Waals surface area contributed by atoms with Crippen LogP contribution in [0.25, 0.3) is 0 Å². The Morgan fingerprint density at radius 3 is 0.833 bits per heavy atom. The average molecular weight is 604 g/mol. The standard InChI is InChI=1S/C13H11F19O3Si/c1-33-36(34-2,35-3)4-5(14,15)6(16,17)7(18,19)8(20,21)9(22,23)10(24,25)11(26,27)12(28,29)13(30,31)32/h4H2,1-3H3. The van der Waals surface area contributed by atoms with Crippen LogP contribution in [0.1, 0.15) is 0 Å². The third-order valence-electron chi connectivity index (χ3n) is 4.55. The lowest BCUT2D eigenvalue weighted by molar-refractivity contribution is -0.468. The first-order chi connectivity index (χ1) is 15.4. The summed E-state index contributed by atoms with van der Waals surface area (Å²) in [5.74, 6) is -67.0. The molecule has 0 aromatic heterocycles. The van der Waals surface area contributed by atoms with Crippen molar-refractivity contribution in [3.8, 4) is 0 Å². The second-order valence-corrected chi connectivity index (χ2v) is 9.64. The summed E-state index contributed by atoms with van der Waals surface area (Å²) in [4.78, 5) is 0. The van der Waals surface area contributed by atoms with Gasteiger partial charge < -0.3 is 13.3 Å². The molecule has 0 rings (SSSR count). The smallest absolute Gasteiger partial charge is 0.377 e. The third kappa shape index (κ3) is 4.50. The van der Waals surface area contributed by atoms with Gasteiger partial charge in [0.15, 0.2) is 0 Å². The van der Waals surface area contributed by atoms with Crippen molar-refractivity contribution in [2.45, 2.75) is 59.6 Å². The molecule has 0 aliphatic carbocycles. The van der Waals surface area contributed by atoms with Gasteiger partial charge in [0.2, 0.25) is 0 Å². The summed E-state index contributed by atoms with van der Waals surface area (Å²) in [6.45, 7) is 0. The quantitative estimate of drug-likeness (QED) is 0.188. The minimum atomic E-state index is -8.96. The van der Waals surface area contributed by atoms with Crippen LogP contribution in [0.5, 0.6) is 0 Å². The van der Waals surface area contributed by atoms with Gasteiger partial charge in [-0.15, -0.1) is 0 Å². The highest BCUT2D eigenvalue weighted by Crippen LogP contribution is 2.65. The van der Waals surface area contributed by atoms with Crippen LogP contribution < -0.4 is 0 Å². The van der Waals surface area contributed by atoms with Crippen LogP contribution >= 0.6 is 0 Å². The largest absolute Gasteiger partial charge is 0.506 e. The summed E-state index contributed by atoms with van der Waals surface area (Å²) in [6, 6.07) is -2.98. The van der Waals surface area contributed by atoms with Crippen LogP contribution in [-0.4, -0.2) is 83.7 Å². The Balaban J connectivity index is 6.94. The van der Waals surface area contributed by atoms with E-state index in [0.717, 1.165) is 0 Å². The maximum absolute atomic E-state index is 13.9. The Morgan fingerprint density at radius 1 is 0.389 bits per heavy atom. The lowest BCUT2D eigenvalue weighted by atomic mass is 9.87. The Morgan fingerprint density at radius 2 is 0.611 bits per heavy atom. The van der Waals surface area contributed by atoms with Crippen molar-refractivity contribution in [3.05, 3.63) is 0 Å². The molecule has 0 aromatic rings. The minimum absolute atomic E-state index is 0.345. The molecule has 0 amide bonds. The molecular formula is C13H11F19O3Si. The Labute approximate surface area is 187 Å². The minimum Gasteiger partial charge on any atom is -0.377 e. The van der Waals surface area contributed by atoms with E-state index in [9.17, 15) is 83.4 Å². The number of hydrogen-bond donors (Lipinski definition) is 0. The summed E-state index contributed by atoms with van der Waals surface area (Å²) in [5, 5.41) is 0. The topological polar surface area (TPSA) is 27.7 Å². The van der Waals surface area contributed by atoms with Gasteiger partial charge in [-0.2, -0.15) is 83.4 Å². The predicted molar refractivity (Wildman–Crippen MR) is 77.2 cm³/mol. The molecule has 3 nitrogen and oxygen atoms in total. The molecular weight excluding hydrogens is 593 g/mol. The fourth-order valence-corrected chi connectivity index (χ4v) is 3.94. The molecule has 0 N–H and O–H groups in total. The summed E-state index contributed by atoms with van der Waals surface area (Å²) < 4.78 is 264. The highest BCUT2D eigenvalue weighted by molar-refractivity contribution is 6.60. The first-order valence-electron chi connectivity index (χ1n) is 8.13. The summed E-state index contributed by atoms with van der Waals surface area (Å²) >= 11 is 0. The zero-order valence-corrected chi connectivity index (χ0v) is 18.1. The molecule has 0 aliphatic rings. The normalized spacial score (nSPS) is 16.5. The van der Waals surface area contributed by atoms with E-state index in [1.165, 1.54) is 0 Å². The van der Waals surface area contributed by atoms with Crippen LogP contribution in [0.4, 0.5) is 83.4 Å². The molecule has 23 heteroatoms. The lowest BCUT2D eigenvalue weighted by Crippen LogP contribution is -2.76. The van der Waals surface area contributed by atoms with E-state index in [1.807, 2.05) is 0 Å². The molecule has 0 saturated carbocycles. The van der Waals surface area contributed by atoms with Gasteiger partial charge in [0.05, 0.1) is 6.04 Å². The van der Waals surface area contributed by atoms with Crippen molar-refractivity contribution >= 4 is 8.80 Å². The zero-order chi connectivity index (χ0) is 29.8. The molecule has 0 heterocycles. The van der Waals surface area contributed by atoms with Crippen molar-refractivity contribution in [1.82, 2.24) is 0 Å². The first kappa shape index (κ1) is 34.8. The molecule has 0 saturated heterocycles. The SMILES string of the molecule is CO[Si](CC(F)(F)C(F)(F)C(F)(F)C(F)(F)C(F)(F)C(F)(F)C(F)(F)C(F)(F)C(F)(F)F)(OC)OC. The van der Waals surface area contributed by atoms with Gasteiger partial charge in [-0.3, -0.25) is 0 Å². The van der Waals surface area contributed by atoms with Gasteiger partial charge >= 0.3 is 62.4 Å². The highest BCUT2D eigenvalue weighted by atomic mass is 28.4. The maximum Gasteiger partial charge on any atom is 0.506 e. The van der Waals surface area contributed by atoms with E-state index in [-0.39, 0.29) is 0 Å². The van der Waals surface area contributed by atoms with Crippen molar-refractivity contribution < 1.29 is 96.7 Å². The fourth-order valence-electron chi connectivity index (χ4n) is 2.24. The van der Waals surface area contributed by atoms with Gasteiger partial charge in [0.25, 0.3) is 0 Å². The Bertz CT molecular complexity index is 765. The van der Waals surface area contributed by atoms with Crippen molar-refractivity contribution in [1.29, 1.82) is 0 Å². The molecule has 0 atom stereocenters. The molecule has 0 fully saturated rings. The predicted octanol–water partition coefficient (Wildman–Crippen LogP) is 6.51. The summed E-state index contributed by atoms with van der Waals surface area (Å²) in [7, 11) is -4.21. The van der Waals surface area contributed by atoms with Crippen LogP contribution in [0.15, 0.2) is 0 Å². The van der Waals surface area contributed by atoms with Crippen molar-refractivity contribution in [2.75, 3.05) is 21.3 Å². The van der Waals surface area contributed by atoms with Crippen molar-refractivity contribution in [2.24, 2.45) is 0 Å². The number of rotatable bonds is 12. The molecule has 0 unspecified atom stereocenters. The van der Waals surface area contributed by atoms with E-state index >= 15 is 0 Å². The van der Waals surface area contributed by atoms with E-state index in [2.05, 4.69) is 13.3 Å². The first-order valence-corrected chi connectivity index (χ1v) is 10.1. The lowest BCUT2D eigenvalue weighted by Gasteiger charge is -2.44. The van der Waals surface area contributed by atoms with Crippen molar-refractivity contribution in [3.63, 3.8) is 0 Å². The second-order valence-electron chi connectivity index (χ2n) is 6.70. The van der Waals surface area contributed by atoms with Crippen LogP contribution in [0, 0.1) is 0 Å². The Hall–Kier alpha value is -1.23. The molecule has 0 aliphatic heterocycles. The maximum atomic E-state index is 13.9. The number of halogens is 19. The van der Waals surface area contributed by atoms with E-state index < -0.39 is 68.4 Å². The van der Waals surface area contributed by atoms with Gasteiger partial charge in [0, 0.05) is 21.3 Å². The van der Waals surface area contributed by atoms with Gasteiger partial charge in [-0.25, -0.2) is 0 Å². The van der Waals surface area contributed by atoms with Gasteiger partial charge in [0.1, 0.15) is 0 Å². The van der Waals surface area contributed by atoms with Crippen LogP contribution in [0.3, 0.4) is 0 Å². The molecule has 0 radical (unpaired) electrons. The van der Waals surface area contributed by atoms with Crippen LogP contribution in [0.2, 0.25) is 6.04 Å². The van der Waals surface area contributed by atoms with E-state index in [1.54, 1.807) is 0 Å². The third-order valence-corrected chi connectivity index (χ3v) is 7.30.